The predicted octanol–water partition coefficient (Wildman–Crippen LogP) is 5.21. The van der Waals surface area contributed by atoms with Crippen molar-refractivity contribution in [1.82, 2.24) is 15.0 Å². The molecule has 8 heteroatoms. The third-order valence-corrected chi connectivity index (χ3v) is 5.70. The van der Waals surface area contributed by atoms with E-state index >= 15 is 0 Å². The van der Waals surface area contributed by atoms with E-state index in [-0.39, 0.29) is 24.1 Å². The van der Waals surface area contributed by atoms with Crippen molar-refractivity contribution >= 4 is 28.6 Å². The first-order chi connectivity index (χ1) is 16.3. The topological polar surface area (TPSA) is 101 Å². The van der Waals surface area contributed by atoms with Crippen LogP contribution in [-0.4, -0.2) is 39.9 Å². The highest BCUT2D eigenvalue weighted by molar-refractivity contribution is 6.08. The summed E-state index contributed by atoms with van der Waals surface area (Å²) in [5.74, 6) is 0.906. The van der Waals surface area contributed by atoms with Gasteiger partial charge in [0.25, 0.3) is 11.6 Å². The molecule has 3 heterocycles. The van der Waals surface area contributed by atoms with Gasteiger partial charge in [-0.1, -0.05) is 30.3 Å². The fraction of sp³-hybridized carbons (Fsp3) is 0.308. The lowest BCUT2D eigenvalue weighted by Crippen LogP contribution is -2.38. The Labute approximate surface area is 197 Å². The molecular weight excluding hydrogens is 432 g/mol. The van der Waals surface area contributed by atoms with Gasteiger partial charge >= 0.3 is 0 Å². The van der Waals surface area contributed by atoms with Gasteiger partial charge in [-0.15, -0.1) is 0 Å². The molecule has 0 aliphatic carbocycles. The number of anilines is 1. The van der Waals surface area contributed by atoms with E-state index in [1.165, 1.54) is 0 Å². The van der Waals surface area contributed by atoms with Crippen LogP contribution in [0, 0.1) is 27.7 Å². The zero-order valence-corrected chi connectivity index (χ0v) is 20.1. The molecule has 176 valence electrons. The minimum Gasteiger partial charge on any atom is -0.466 e. The summed E-state index contributed by atoms with van der Waals surface area (Å²) >= 11 is 0. The number of nitrogens with one attached hydrogen (secondary N) is 1. The van der Waals surface area contributed by atoms with Crippen LogP contribution in [0.15, 0.2) is 45.3 Å². The number of fused-ring (bicyclic) bond motifs is 1. The quantitative estimate of drug-likeness (QED) is 0.406. The maximum atomic E-state index is 13.8. The van der Waals surface area contributed by atoms with Gasteiger partial charge in [0, 0.05) is 17.8 Å². The standard InChI is InChI=1S/C26H28N4O4/c1-6-11-30(14-23(31)27-21-10-8-7-9-15(21)2)26(32)20-13-22(19-12-16(3)33-18(19)5)28-25-24(20)17(4)29-34-25/h7-10,12-13H,6,11,14H2,1-5H3,(H,27,31). The molecule has 0 saturated carbocycles. The van der Waals surface area contributed by atoms with Crippen molar-refractivity contribution in [3.63, 3.8) is 0 Å². The zero-order valence-electron chi connectivity index (χ0n) is 20.1. The number of aryl methyl sites for hydroxylation is 4. The highest BCUT2D eigenvalue weighted by Crippen LogP contribution is 2.31. The van der Waals surface area contributed by atoms with Crippen LogP contribution in [-0.2, 0) is 4.79 Å². The molecule has 0 atom stereocenters. The molecule has 3 aromatic heterocycles. The van der Waals surface area contributed by atoms with Gasteiger partial charge in [0.15, 0.2) is 0 Å². The maximum Gasteiger partial charge on any atom is 0.259 e. The van der Waals surface area contributed by atoms with E-state index in [0.29, 0.717) is 41.1 Å². The minimum absolute atomic E-state index is 0.0751. The number of amides is 2. The normalized spacial score (nSPS) is 11.1. The number of aromatic nitrogens is 2. The summed E-state index contributed by atoms with van der Waals surface area (Å²) in [4.78, 5) is 32.7. The summed E-state index contributed by atoms with van der Waals surface area (Å²) < 4.78 is 11.1. The number of para-hydroxylation sites is 1. The molecule has 1 aromatic carbocycles. The van der Waals surface area contributed by atoms with E-state index in [9.17, 15) is 9.59 Å². The van der Waals surface area contributed by atoms with Gasteiger partial charge < -0.3 is 19.2 Å². The van der Waals surface area contributed by atoms with Crippen LogP contribution in [0.3, 0.4) is 0 Å². The Morgan fingerprint density at radius 2 is 1.85 bits per heavy atom. The highest BCUT2D eigenvalue weighted by Gasteiger charge is 2.25. The lowest BCUT2D eigenvalue weighted by molar-refractivity contribution is -0.116. The van der Waals surface area contributed by atoms with Crippen molar-refractivity contribution in [1.29, 1.82) is 0 Å². The number of carbonyl (C=O) groups is 2. The van der Waals surface area contributed by atoms with Gasteiger partial charge in [-0.05, 0) is 57.9 Å². The molecule has 0 unspecified atom stereocenters. The van der Waals surface area contributed by atoms with Crippen LogP contribution >= 0.6 is 0 Å². The average molecular weight is 461 g/mol. The average Bonchev–Trinajstić information content (AvgIpc) is 3.35. The van der Waals surface area contributed by atoms with Crippen molar-refractivity contribution in [2.75, 3.05) is 18.4 Å². The lowest BCUT2D eigenvalue weighted by atomic mass is 10.0. The molecule has 2 amide bonds. The Bertz CT molecular complexity index is 1370. The smallest absolute Gasteiger partial charge is 0.259 e. The molecule has 0 spiro atoms. The molecule has 0 aliphatic rings. The molecule has 4 rings (SSSR count). The van der Waals surface area contributed by atoms with E-state index in [2.05, 4.69) is 15.5 Å². The monoisotopic (exact) mass is 460 g/mol. The summed E-state index contributed by atoms with van der Waals surface area (Å²) in [6.07, 6.45) is 0.702. The third-order valence-electron chi connectivity index (χ3n) is 5.70. The molecule has 34 heavy (non-hydrogen) atoms. The van der Waals surface area contributed by atoms with Crippen molar-refractivity contribution in [2.24, 2.45) is 0 Å². The summed E-state index contributed by atoms with van der Waals surface area (Å²) in [7, 11) is 0. The Hall–Kier alpha value is -3.94. The Morgan fingerprint density at radius 1 is 1.09 bits per heavy atom. The molecular formula is C26H28N4O4. The third kappa shape index (κ3) is 4.57. The first kappa shape index (κ1) is 23.2. The van der Waals surface area contributed by atoms with Gasteiger partial charge in [-0.2, -0.15) is 0 Å². The summed E-state index contributed by atoms with van der Waals surface area (Å²) in [5, 5.41) is 7.48. The van der Waals surface area contributed by atoms with E-state index < -0.39 is 0 Å². The molecule has 4 aromatic rings. The number of benzene rings is 1. The van der Waals surface area contributed by atoms with Crippen LogP contribution in [0.5, 0.6) is 0 Å². The molecule has 0 fully saturated rings. The summed E-state index contributed by atoms with van der Waals surface area (Å²) in [6, 6.07) is 11.1. The van der Waals surface area contributed by atoms with Crippen LogP contribution < -0.4 is 5.32 Å². The Morgan fingerprint density at radius 3 is 2.53 bits per heavy atom. The van der Waals surface area contributed by atoms with Gasteiger partial charge in [0.1, 0.15) is 18.1 Å². The van der Waals surface area contributed by atoms with Crippen molar-refractivity contribution in [3.8, 4) is 11.3 Å². The van der Waals surface area contributed by atoms with E-state index in [4.69, 9.17) is 8.94 Å². The molecule has 0 saturated heterocycles. The van der Waals surface area contributed by atoms with Gasteiger partial charge in [-0.3, -0.25) is 9.59 Å². The SMILES string of the molecule is CCCN(CC(=O)Nc1ccccc1C)C(=O)c1cc(-c2cc(C)oc2C)nc2onc(C)c12. The summed E-state index contributed by atoms with van der Waals surface area (Å²) in [5.41, 5.74) is 4.26. The fourth-order valence-electron chi connectivity index (χ4n) is 4.06. The van der Waals surface area contributed by atoms with Crippen molar-refractivity contribution < 1.29 is 18.5 Å². The maximum absolute atomic E-state index is 13.8. The van der Waals surface area contributed by atoms with Gasteiger partial charge in [-0.25, -0.2) is 4.98 Å². The summed E-state index contributed by atoms with van der Waals surface area (Å²) in [6.45, 7) is 9.72. The van der Waals surface area contributed by atoms with E-state index in [1.807, 2.05) is 58.0 Å². The van der Waals surface area contributed by atoms with Crippen molar-refractivity contribution in [2.45, 2.75) is 41.0 Å². The second kappa shape index (κ2) is 9.51. The van der Waals surface area contributed by atoms with E-state index in [1.54, 1.807) is 17.9 Å². The largest absolute Gasteiger partial charge is 0.466 e. The second-order valence-corrected chi connectivity index (χ2v) is 8.42. The molecule has 8 nitrogen and oxygen atoms in total. The number of furan rings is 1. The first-order valence-corrected chi connectivity index (χ1v) is 11.3. The van der Waals surface area contributed by atoms with Crippen LogP contribution in [0.2, 0.25) is 0 Å². The number of hydrogen-bond acceptors (Lipinski definition) is 6. The lowest BCUT2D eigenvalue weighted by Gasteiger charge is -2.22. The number of hydrogen-bond donors (Lipinski definition) is 1. The molecule has 1 N–H and O–H groups in total. The van der Waals surface area contributed by atoms with E-state index in [0.717, 1.165) is 22.6 Å². The van der Waals surface area contributed by atoms with Crippen molar-refractivity contribution in [3.05, 3.63) is 64.7 Å². The van der Waals surface area contributed by atoms with Crippen LogP contribution in [0.4, 0.5) is 5.69 Å². The highest BCUT2D eigenvalue weighted by atomic mass is 16.5. The van der Waals surface area contributed by atoms with Gasteiger partial charge in [0.2, 0.25) is 5.91 Å². The number of pyridine rings is 1. The Kier molecular flexibility index (Phi) is 6.49. The number of rotatable bonds is 7. The minimum atomic E-state index is -0.278. The molecule has 0 radical (unpaired) electrons. The second-order valence-electron chi connectivity index (χ2n) is 8.42. The first-order valence-electron chi connectivity index (χ1n) is 11.3. The molecule has 0 bridgehead atoms. The molecule has 0 aliphatic heterocycles. The predicted molar refractivity (Wildman–Crippen MR) is 130 cm³/mol. The fourth-order valence-corrected chi connectivity index (χ4v) is 4.06. The Balaban J connectivity index is 1.70. The van der Waals surface area contributed by atoms with Crippen LogP contribution in [0.1, 0.15) is 46.5 Å². The van der Waals surface area contributed by atoms with Crippen LogP contribution in [0.25, 0.3) is 22.4 Å². The number of nitrogens with zero attached hydrogens (tertiary/aromatic N) is 3. The van der Waals surface area contributed by atoms with Gasteiger partial charge in [0.05, 0.1) is 22.3 Å². The zero-order chi connectivity index (χ0) is 24.4. The number of carbonyl (C=O) groups excluding carboxylic acids is 2.